The molecule has 0 saturated carbocycles. The molecule has 0 radical (unpaired) electrons. The summed E-state index contributed by atoms with van der Waals surface area (Å²) in [6.45, 7) is 26.6. The first-order valence-corrected chi connectivity index (χ1v) is 11.4. The second-order valence-corrected chi connectivity index (χ2v) is 12.9. The van der Waals surface area contributed by atoms with Crippen molar-refractivity contribution < 1.29 is 5.11 Å². The maximum Gasteiger partial charge on any atom is 0.128 e. The number of hydrogen-bond donors (Lipinski definition) is 1. The van der Waals surface area contributed by atoms with E-state index in [2.05, 4.69) is 95.2 Å². The molecule has 2 aromatic carbocycles. The zero-order chi connectivity index (χ0) is 24.0. The van der Waals surface area contributed by atoms with Crippen LogP contribution in [0.5, 0.6) is 5.75 Å². The summed E-state index contributed by atoms with van der Waals surface area (Å²) in [6.07, 6.45) is 1.83. The normalized spacial score (nSPS) is 13.8. The molecule has 0 aliphatic rings. The lowest BCUT2D eigenvalue weighted by Crippen LogP contribution is -2.21. The predicted octanol–water partition coefficient (Wildman–Crippen LogP) is 8.33. The second-order valence-electron chi connectivity index (χ2n) is 12.9. The Kier molecular flexibility index (Phi) is 6.59. The van der Waals surface area contributed by atoms with Crippen molar-refractivity contribution >= 4 is 11.9 Å². The summed E-state index contributed by atoms with van der Waals surface area (Å²) in [4.78, 5) is 5.03. The molecular weight excluding hydrogens is 378 g/mol. The van der Waals surface area contributed by atoms with E-state index in [0.717, 1.165) is 16.8 Å². The van der Waals surface area contributed by atoms with Crippen LogP contribution in [-0.4, -0.2) is 11.3 Å². The molecule has 31 heavy (non-hydrogen) atoms. The third-order valence-electron chi connectivity index (χ3n) is 5.80. The summed E-state index contributed by atoms with van der Waals surface area (Å²) in [7, 11) is 0. The van der Waals surface area contributed by atoms with Crippen molar-refractivity contribution in [2.75, 3.05) is 0 Å². The molecule has 1 N–H and O–H groups in total. The molecule has 0 fully saturated rings. The SMILES string of the molecule is CC(C)(C)c1cc(C(C)(C)C)c(N=Cc2cccc(C(C)(C)C)c2O)c(C(C)(C)C)c1. The minimum absolute atomic E-state index is 0.0523. The van der Waals surface area contributed by atoms with Gasteiger partial charge in [0.1, 0.15) is 5.75 Å². The van der Waals surface area contributed by atoms with Crippen LogP contribution in [0.1, 0.15) is 111 Å². The van der Waals surface area contributed by atoms with Crippen LogP contribution in [-0.2, 0) is 21.7 Å². The molecular formula is C29H43NO. The van der Waals surface area contributed by atoms with Crippen LogP contribution in [0.3, 0.4) is 0 Å². The van der Waals surface area contributed by atoms with E-state index in [9.17, 15) is 5.11 Å². The van der Waals surface area contributed by atoms with E-state index in [4.69, 9.17) is 4.99 Å². The maximum absolute atomic E-state index is 10.9. The van der Waals surface area contributed by atoms with Gasteiger partial charge in [-0.25, -0.2) is 0 Å². The number of hydrogen-bond acceptors (Lipinski definition) is 2. The fourth-order valence-corrected chi connectivity index (χ4v) is 3.75. The summed E-state index contributed by atoms with van der Waals surface area (Å²) >= 11 is 0. The van der Waals surface area contributed by atoms with Crippen LogP contribution < -0.4 is 0 Å². The molecule has 0 saturated heterocycles. The molecule has 0 heterocycles. The minimum Gasteiger partial charge on any atom is -0.507 e. The van der Waals surface area contributed by atoms with E-state index in [1.165, 1.54) is 16.7 Å². The van der Waals surface area contributed by atoms with Gasteiger partial charge in [0.2, 0.25) is 0 Å². The largest absolute Gasteiger partial charge is 0.507 e. The smallest absolute Gasteiger partial charge is 0.128 e. The zero-order valence-corrected chi connectivity index (χ0v) is 21.9. The Morgan fingerprint density at radius 1 is 0.645 bits per heavy atom. The Morgan fingerprint density at radius 2 is 1.10 bits per heavy atom. The highest BCUT2D eigenvalue weighted by Crippen LogP contribution is 2.43. The topological polar surface area (TPSA) is 32.6 Å². The van der Waals surface area contributed by atoms with E-state index in [1.54, 1.807) is 0 Å². The van der Waals surface area contributed by atoms with Crippen LogP contribution in [0.4, 0.5) is 5.69 Å². The van der Waals surface area contributed by atoms with Crippen molar-refractivity contribution in [2.45, 2.75) is 105 Å². The van der Waals surface area contributed by atoms with Crippen molar-refractivity contribution in [3.05, 3.63) is 58.1 Å². The first-order chi connectivity index (χ1) is 13.8. The van der Waals surface area contributed by atoms with Gasteiger partial charge in [-0.05, 0) is 50.0 Å². The van der Waals surface area contributed by atoms with E-state index in [1.807, 2.05) is 24.4 Å². The van der Waals surface area contributed by atoms with E-state index < -0.39 is 0 Å². The summed E-state index contributed by atoms with van der Waals surface area (Å²) in [5.41, 5.74) is 6.36. The molecule has 2 heteroatoms. The van der Waals surface area contributed by atoms with Crippen molar-refractivity contribution in [1.29, 1.82) is 0 Å². The van der Waals surface area contributed by atoms with Gasteiger partial charge in [-0.1, -0.05) is 107 Å². The number of nitrogens with zero attached hydrogens (tertiary/aromatic N) is 1. The van der Waals surface area contributed by atoms with Gasteiger partial charge in [0, 0.05) is 11.8 Å². The molecule has 170 valence electrons. The highest BCUT2D eigenvalue weighted by molar-refractivity contribution is 5.87. The van der Waals surface area contributed by atoms with Crippen LogP contribution in [0.25, 0.3) is 0 Å². The number of phenols is 1. The summed E-state index contributed by atoms with van der Waals surface area (Å²) in [5.74, 6) is 0.319. The van der Waals surface area contributed by atoms with Gasteiger partial charge in [0.25, 0.3) is 0 Å². The van der Waals surface area contributed by atoms with Gasteiger partial charge in [-0.3, -0.25) is 4.99 Å². The Morgan fingerprint density at radius 3 is 1.48 bits per heavy atom. The van der Waals surface area contributed by atoms with Gasteiger partial charge < -0.3 is 5.11 Å². The third kappa shape index (κ3) is 5.79. The lowest BCUT2D eigenvalue weighted by molar-refractivity contribution is 0.446. The predicted molar refractivity (Wildman–Crippen MR) is 137 cm³/mol. The van der Waals surface area contributed by atoms with E-state index in [-0.39, 0.29) is 21.7 Å². The quantitative estimate of drug-likeness (QED) is 0.486. The van der Waals surface area contributed by atoms with Crippen molar-refractivity contribution in [1.82, 2.24) is 0 Å². The molecule has 0 atom stereocenters. The lowest BCUT2D eigenvalue weighted by Gasteiger charge is -2.32. The monoisotopic (exact) mass is 421 g/mol. The molecule has 0 unspecified atom stereocenters. The Bertz CT molecular complexity index is 933. The average molecular weight is 422 g/mol. The molecule has 0 amide bonds. The molecule has 0 aromatic heterocycles. The lowest BCUT2D eigenvalue weighted by atomic mass is 9.74. The van der Waals surface area contributed by atoms with Gasteiger partial charge in [0.05, 0.1) is 5.69 Å². The minimum atomic E-state index is -0.130. The zero-order valence-electron chi connectivity index (χ0n) is 21.9. The molecule has 0 bridgehead atoms. The van der Waals surface area contributed by atoms with E-state index in [0.29, 0.717) is 5.75 Å². The maximum atomic E-state index is 10.9. The molecule has 2 rings (SSSR count). The van der Waals surface area contributed by atoms with E-state index >= 15 is 0 Å². The highest BCUT2D eigenvalue weighted by Gasteiger charge is 2.29. The van der Waals surface area contributed by atoms with Crippen LogP contribution in [0.15, 0.2) is 35.3 Å². The fourth-order valence-electron chi connectivity index (χ4n) is 3.75. The number of phenolic OH excluding ortho intramolecular Hbond substituents is 1. The number of aliphatic imine (C=N–C) groups is 1. The Balaban J connectivity index is 2.80. The second kappa shape index (κ2) is 8.11. The van der Waals surface area contributed by atoms with Crippen LogP contribution >= 0.6 is 0 Å². The van der Waals surface area contributed by atoms with Crippen molar-refractivity contribution in [3.63, 3.8) is 0 Å². The Labute approximate surface area is 190 Å². The average Bonchev–Trinajstić information content (AvgIpc) is 2.56. The van der Waals surface area contributed by atoms with Gasteiger partial charge in [-0.2, -0.15) is 0 Å². The highest BCUT2D eigenvalue weighted by atomic mass is 16.3. The summed E-state index contributed by atoms with van der Waals surface area (Å²) < 4.78 is 0. The first-order valence-electron chi connectivity index (χ1n) is 11.4. The van der Waals surface area contributed by atoms with Crippen LogP contribution in [0, 0.1) is 0 Å². The molecule has 2 nitrogen and oxygen atoms in total. The third-order valence-corrected chi connectivity index (χ3v) is 5.80. The molecule has 0 spiro atoms. The molecule has 0 aliphatic heterocycles. The summed E-state index contributed by atoms with van der Waals surface area (Å²) in [5, 5.41) is 10.9. The standard InChI is InChI=1S/C29H43NO/c1-26(2,3)20-16-22(28(7,8)9)24(23(17-20)29(10,11)12)30-18-19-14-13-15-21(25(19)31)27(4,5)6/h13-18,31H,1-12H3. The Hall–Kier alpha value is -2.09. The van der Waals surface area contributed by atoms with Gasteiger partial charge in [0.15, 0.2) is 0 Å². The van der Waals surface area contributed by atoms with Gasteiger partial charge in [-0.15, -0.1) is 0 Å². The first kappa shape index (κ1) is 25.2. The number of rotatable bonds is 2. The number of para-hydroxylation sites is 1. The van der Waals surface area contributed by atoms with Crippen molar-refractivity contribution in [3.8, 4) is 5.75 Å². The molecule has 2 aromatic rings. The van der Waals surface area contributed by atoms with Gasteiger partial charge >= 0.3 is 0 Å². The number of benzene rings is 2. The number of aromatic hydroxyl groups is 1. The summed E-state index contributed by atoms with van der Waals surface area (Å²) in [6, 6.07) is 10.6. The van der Waals surface area contributed by atoms with Crippen LogP contribution in [0.2, 0.25) is 0 Å². The van der Waals surface area contributed by atoms with Crippen molar-refractivity contribution in [2.24, 2.45) is 4.99 Å². The molecule has 0 aliphatic carbocycles. The fraction of sp³-hybridized carbons (Fsp3) is 0.552.